The Bertz CT molecular complexity index is 1360. The lowest BCUT2D eigenvalue weighted by Crippen LogP contribution is -2.25. The summed E-state index contributed by atoms with van der Waals surface area (Å²) in [5, 5.41) is 7.96. The van der Waals surface area contributed by atoms with E-state index in [1.54, 1.807) is 18.9 Å². The summed E-state index contributed by atoms with van der Waals surface area (Å²) < 4.78 is 12.7. The van der Waals surface area contributed by atoms with Crippen LogP contribution in [0.15, 0.2) is 54.6 Å². The summed E-state index contributed by atoms with van der Waals surface area (Å²) in [6.07, 6.45) is 0.259. The summed E-state index contributed by atoms with van der Waals surface area (Å²) in [5.41, 5.74) is 5.14. The molecular weight excluding hydrogens is 430 g/mol. The van der Waals surface area contributed by atoms with Crippen molar-refractivity contribution in [2.75, 3.05) is 19.5 Å². The van der Waals surface area contributed by atoms with E-state index in [1.165, 1.54) is 0 Å². The average molecular weight is 456 g/mol. The van der Waals surface area contributed by atoms with Crippen LogP contribution in [0.2, 0.25) is 0 Å². The van der Waals surface area contributed by atoms with Gasteiger partial charge in [-0.1, -0.05) is 36.4 Å². The maximum absolute atomic E-state index is 12.9. The van der Waals surface area contributed by atoms with Crippen LogP contribution in [-0.4, -0.2) is 39.9 Å². The van der Waals surface area contributed by atoms with Gasteiger partial charge in [0, 0.05) is 46.5 Å². The van der Waals surface area contributed by atoms with Gasteiger partial charge in [0.05, 0.1) is 19.9 Å². The van der Waals surface area contributed by atoms with Crippen molar-refractivity contribution >= 4 is 11.7 Å². The van der Waals surface area contributed by atoms with Crippen molar-refractivity contribution in [1.29, 1.82) is 0 Å². The van der Waals surface area contributed by atoms with Crippen LogP contribution < -0.4 is 14.8 Å². The van der Waals surface area contributed by atoms with Crippen LogP contribution in [0.4, 0.5) is 5.82 Å². The third-order valence-corrected chi connectivity index (χ3v) is 5.94. The number of rotatable bonds is 5. The second-order valence-corrected chi connectivity index (χ2v) is 8.25. The number of aromatic nitrogens is 4. The van der Waals surface area contributed by atoms with Gasteiger partial charge in [0.25, 0.3) is 5.95 Å². The first kappa shape index (κ1) is 21.6. The Kier molecular flexibility index (Phi) is 5.49. The van der Waals surface area contributed by atoms with E-state index in [2.05, 4.69) is 15.3 Å². The number of methoxy groups -OCH3 is 2. The predicted octanol–water partition coefficient (Wildman–Crippen LogP) is 4.44. The van der Waals surface area contributed by atoms with E-state index in [0.29, 0.717) is 23.3 Å². The summed E-state index contributed by atoms with van der Waals surface area (Å²) in [6, 6.07) is 17.5. The zero-order valence-electron chi connectivity index (χ0n) is 19.5. The highest BCUT2D eigenvalue weighted by molar-refractivity contribution is 5.96. The predicted molar refractivity (Wildman–Crippen MR) is 129 cm³/mol. The Hall–Kier alpha value is -4.20. The molecule has 0 fully saturated rings. The molecule has 8 heteroatoms. The van der Waals surface area contributed by atoms with Crippen molar-refractivity contribution in [2.45, 2.75) is 26.2 Å². The Balaban J connectivity index is 1.78. The number of nitrogens with one attached hydrogen (secondary N) is 1. The maximum atomic E-state index is 12.9. The summed E-state index contributed by atoms with van der Waals surface area (Å²) in [4.78, 5) is 22.1. The Labute approximate surface area is 197 Å². The molecular formula is C26H25N5O3. The van der Waals surface area contributed by atoms with E-state index in [4.69, 9.17) is 14.6 Å². The highest BCUT2D eigenvalue weighted by atomic mass is 16.5. The van der Waals surface area contributed by atoms with Gasteiger partial charge in [-0.15, -0.1) is 0 Å². The zero-order chi connectivity index (χ0) is 23.8. The summed E-state index contributed by atoms with van der Waals surface area (Å²) >= 11 is 0. The fraction of sp³-hybridized carbons (Fsp3) is 0.231. The van der Waals surface area contributed by atoms with Gasteiger partial charge in [0.2, 0.25) is 5.91 Å². The molecule has 1 amide bonds. The first-order chi connectivity index (χ1) is 16.5. The number of carbonyl (C=O) groups excluding carboxylic acids is 1. The zero-order valence-corrected chi connectivity index (χ0v) is 19.5. The maximum Gasteiger partial charge on any atom is 0.252 e. The van der Waals surface area contributed by atoms with E-state index < -0.39 is 0 Å². The number of aryl methyl sites for hydroxylation is 2. The number of ether oxygens (including phenoxy) is 2. The lowest BCUT2D eigenvalue weighted by molar-refractivity contribution is -0.116. The summed E-state index contributed by atoms with van der Waals surface area (Å²) in [6.45, 7) is 3.83. The fourth-order valence-electron chi connectivity index (χ4n) is 4.48. The molecule has 0 bridgehead atoms. The number of hydrogen-bond donors (Lipinski definition) is 1. The smallest absolute Gasteiger partial charge is 0.252 e. The minimum Gasteiger partial charge on any atom is -0.497 e. The van der Waals surface area contributed by atoms with Gasteiger partial charge < -0.3 is 14.8 Å². The molecule has 0 saturated heterocycles. The first-order valence-electron chi connectivity index (χ1n) is 11.0. The van der Waals surface area contributed by atoms with Gasteiger partial charge in [0.1, 0.15) is 17.3 Å². The Morgan fingerprint density at radius 3 is 2.38 bits per heavy atom. The molecule has 1 N–H and O–H groups in total. The minimum absolute atomic E-state index is 0.111. The number of nitrogens with zero attached hydrogens (tertiary/aromatic N) is 4. The van der Waals surface area contributed by atoms with Crippen molar-refractivity contribution in [3.8, 4) is 28.7 Å². The molecule has 0 aliphatic carbocycles. The van der Waals surface area contributed by atoms with Gasteiger partial charge in [0.15, 0.2) is 0 Å². The third kappa shape index (κ3) is 3.77. The van der Waals surface area contributed by atoms with Gasteiger partial charge >= 0.3 is 0 Å². The van der Waals surface area contributed by atoms with Crippen LogP contribution >= 0.6 is 0 Å². The van der Waals surface area contributed by atoms with E-state index in [-0.39, 0.29) is 18.2 Å². The van der Waals surface area contributed by atoms with Crippen LogP contribution in [0.5, 0.6) is 11.5 Å². The number of benzene rings is 2. The quantitative estimate of drug-likeness (QED) is 0.479. The van der Waals surface area contributed by atoms with E-state index in [1.807, 2.05) is 68.4 Å². The number of amides is 1. The number of carbonyl (C=O) groups is 1. The molecule has 0 spiro atoms. The highest BCUT2D eigenvalue weighted by Gasteiger charge is 2.36. The molecule has 172 valence electrons. The van der Waals surface area contributed by atoms with E-state index in [0.717, 1.165) is 33.8 Å². The third-order valence-electron chi connectivity index (χ3n) is 5.94. The van der Waals surface area contributed by atoms with Crippen LogP contribution in [-0.2, 0) is 4.79 Å². The van der Waals surface area contributed by atoms with Crippen LogP contribution in [0, 0.1) is 13.8 Å². The monoisotopic (exact) mass is 455 g/mol. The van der Waals surface area contributed by atoms with Crippen LogP contribution in [0.1, 0.15) is 34.9 Å². The number of fused-ring (bicyclic) bond motifs is 1. The molecule has 0 radical (unpaired) electrons. The molecule has 5 rings (SSSR count). The molecule has 2 aromatic carbocycles. The SMILES string of the molecule is COc1ccc(C2CC(=O)Nc3c2c(-c2ccccc2)nn3-c2nc(C)cc(C)n2)c(OC)c1. The first-order valence-corrected chi connectivity index (χ1v) is 11.0. The largest absolute Gasteiger partial charge is 0.497 e. The van der Waals surface area contributed by atoms with Crippen LogP contribution in [0.3, 0.4) is 0 Å². The van der Waals surface area contributed by atoms with Crippen molar-refractivity contribution in [3.05, 3.63) is 77.1 Å². The van der Waals surface area contributed by atoms with E-state index in [9.17, 15) is 4.79 Å². The van der Waals surface area contributed by atoms with Crippen molar-refractivity contribution in [3.63, 3.8) is 0 Å². The Morgan fingerprint density at radius 2 is 1.71 bits per heavy atom. The Morgan fingerprint density at radius 1 is 0.971 bits per heavy atom. The second-order valence-electron chi connectivity index (χ2n) is 8.25. The fourth-order valence-corrected chi connectivity index (χ4v) is 4.48. The average Bonchev–Trinajstić information content (AvgIpc) is 3.22. The minimum atomic E-state index is -0.278. The lowest BCUT2D eigenvalue weighted by Gasteiger charge is -2.26. The molecule has 8 nitrogen and oxygen atoms in total. The standard InChI is InChI=1S/C26H25N5O3/c1-15-12-16(2)28-26(27-15)31-25-23(24(30-31)17-8-6-5-7-9-17)20(14-22(32)29-25)19-11-10-18(33-3)13-21(19)34-4/h5-13,20H,14H2,1-4H3,(H,29,32). The summed E-state index contributed by atoms with van der Waals surface area (Å²) in [7, 11) is 3.23. The molecule has 34 heavy (non-hydrogen) atoms. The van der Waals surface area contributed by atoms with Gasteiger partial charge in [-0.05, 0) is 26.0 Å². The number of anilines is 1. The van der Waals surface area contributed by atoms with E-state index >= 15 is 0 Å². The summed E-state index contributed by atoms with van der Waals surface area (Å²) in [5.74, 6) is 1.93. The molecule has 1 aliphatic rings. The lowest BCUT2D eigenvalue weighted by atomic mass is 9.84. The van der Waals surface area contributed by atoms with Crippen molar-refractivity contribution in [1.82, 2.24) is 19.7 Å². The molecule has 1 aliphatic heterocycles. The highest BCUT2D eigenvalue weighted by Crippen LogP contribution is 2.46. The molecule has 3 heterocycles. The van der Waals surface area contributed by atoms with Crippen molar-refractivity contribution < 1.29 is 14.3 Å². The molecule has 4 aromatic rings. The number of hydrogen-bond acceptors (Lipinski definition) is 6. The molecule has 1 unspecified atom stereocenters. The topological polar surface area (TPSA) is 91.2 Å². The normalized spacial score (nSPS) is 14.9. The molecule has 0 saturated carbocycles. The second kappa shape index (κ2) is 8.62. The van der Waals surface area contributed by atoms with Gasteiger partial charge in [-0.25, -0.2) is 9.97 Å². The van der Waals surface area contributed by atoms with Gasteiger partial charge in [-0.2, -0.15) is 9.78 Å². The van der Waals surface area contributed by atoms with Crippen LogP contribution in [0.25, 0.3) is 17.2 Å². The van der Waals surface area contributed by atoms with Gasteiger partial charge in [-0.3, -0.25) is 4.79 Å². The molecule has 1 atom stereocenters. The van der Waals surface area contributed by atoms with Crippen molar-refractivity contribution in [2.24, 2.45) is 0 Å². The molecule has 2 aromatic heterocycles.